The van der Waals surface area contributed by atoms with Crippen LogP contribution < -0.4 is 0 Å². The summed E-state index contributed by atoms with van der Waals surface area (Å²) >= 11 is 6.41. The second kappa shape index (κ2) is 5.74. The number of carbonyl (C=O) groups excluding carboxylic acids is 1. The highest BCUT2D eigenvalue weighted by molar-refractivity contribution is 6.34. The molecule has 1 aromatic heterocycles. The topological polar surface area (TPSA) is 36.1 Å². The van der Waals surface area contributed by atoms with Crippen LogP contribution in [0.25, 0.3) is 22.0 Å². The molecule has 116 valence electrons. The molecule has 2 heterocycles. The molecule has 0 bridgehead atoms. The van der Waals surface area contributed by atoms with Crippen LogP contribution in [0.5, 0.6) is 0 Å². The van der Waals surface area contributed by atoms with Crippen molar-refractivity contribution in [2.24, 2.45) is 0 Å². The van der Waals surface area contributed by atoms with Crippen molar-refractivity contribution in [3.05, 3.63) is 59.2 Å². The normalized spacial score (nSPS) is 14.0. The summed E-state index contributed by atoms with van der Waals surface area (Å²) in [6.45, 7) is 1.81. The Balaban J connectivity index is 1.58. The molecule has 0 spiro atoms. The maximum atomic E-state index is 12.0. The number of hydrogen-bond donors (Lipinski definition) is 1. The molecule has 0 aliphatic carbocycles. The van der Waals surface area contributed by atoms with Crippen LogP contribution in [0, 0.1) is 0 Å². The molecule has 1 saturated heterocycles. The molecule has 0 saturated carbocycles. The summed E-state index contributed by atoms with van der Waals surface area (Å²) in [7, 11) is 0. The number of rotatable bonds is 3. The van der Waals surface area contributed by atoms with Crippen molar-refractivity contribution in [2.75, 3.05) is 13.1 Å². The van der Waals surface area contributed by atoms with Gasteiger partial charge in [-0.2, -0.15) is 0 Å². The Hall–Kier alpha value is -2.26. The van der Waals surface area contributed by atoms with Gasteiger partial charge in [0.25, 0.3) is 0 Å². The second-order valence-electron chi connectivity index (χ2n) is 6.01. The number of H-pyrrole nitrogens is 1. The van der Waals surface area contributed by atoms with E-state index in [0.29, 0.717) is 6.42 Å². The van der Waals surface area contributed by atoms with E-state index in [2.05, 4.69) is 11.1 Å². The smallest absolute Gasteiger partial charge is 0.226 e. The first kappa shape index (κ1) is 14.3. The van der Waals surface area contributed by atoms with Crippen molar-refractivity contribution in [1.82, 2.24) is 9.88 Å². The highest BCUT2D eigenvalue weighted by Crippen LogP contribution is 2.32. The van der Waals surface area contributed by atoms with Gasteiger partial charge in [-0.05, 0) is 35.7 Å². The quantitative estimate of drug-likeness (QED) is 0.767. The summed E-state index contributed by atoms with van der Waals surface area (Å²) in [6.07, 6.45) is 3.52. The number of nitrogens with one attached hydrogen (secondary N) is 1. The molecular weight excluding hydrogens is 308 g/mol. The lowest BCUT2D eigenvalue weighted by Gasteiger charge is -2.30. The van der Waals surface area contributed by atoms with Gasteiger partial charge in [-0.1, -0.05) is 35.9 Å². The van der Waals surface area contributed by atoms with Gasteiger partial charge in [-0.25, -0.2) is 0 Å². The van der Waals surface area contributed by atoms with Crippen LogP contribution in [0.3, 0.4) is 0 Å². The minimum absolute atomic E-state index is 0.218. The molecule has 23 heavy (non-hydrogen) atoms. The number of nitrogens with zero attached hydrogens (tertiary/aromatic N) is 1. The molecule has 1 amide bonds. The number of amides is 1. The van der Waals surface area contributed by atoms with E-state index in [-0.39, 0.29) is 5.91 Å². The van der Waals surface area contributed by atoms with Gasteiger partial charge >= 0.3 is 0 Å². The summed E-state index contributed by atoms with van der Waals surface area (Å²) in [5.41, 5.74) is 4.16. The predicted molar refractivity (Wildman–Crippen MR) is 93.6 cm³/mol. The van der Waals surface area contributed by atoms with E-state index < -0.39 is 0 Å². The minimum Gasteiger partial charge on any atom is -0.361 e. The molecule has 2 aromatic carbocycles. The highest BCUT2D eigenvalue weighted by atomic mass is 35.5. The lowest BCUT2D eigenvalue weighted by atomic mass is 10.0. The fraction of sp³-hybridized carbons (Fsp3) is 0.211. The van der Waals surface area contributed by atoms with Crippen LogP contribution in [0.15, 0.2) is 48.7 Å². The van der Waals surface area contributed by atoms with Crippen LogP contribution in [0.4, 0.5) is 0 Å². The number of carbonyl (C=O) groups is 1. The van der Waals surface area contributed by atoms with E-state index in [4.69, 9.17) is 11.6 Å². The molecule has 3 aromatic rings. The molecule has 1 aliphatic rings. The lowest BCUT2D eigenvalue weighted by molar-refractivity contribution is -0.133. The Morgan fingerprint density at radius 1 is 1.13 bits per heavy atom. The zero-order chi connectivity index (χ0) is 15.8. The third kappa shape index (κ3) is 2.73. The first-order valence-electron chi connectivity index (χ1n) is 7.84. The number of aromatic amines is 1. The van der Waals surface area contributed by atoms with Gasteiger partial charge in [-0.3, -0.25) is 4.79 Å². The number of fused-ring (bicyclic) bond motifs is 1. The van der Waals surface area contributed by atoms with Crippen molar-refractivity contribution in [3.63, 3.8) is 0 Å². The van der Waals surface area contributed by atoms with Crippen LogP contribution in [-0.2, 0) is 11.2 Å². The molecule has 1 N–H and O–H groups in total. The Labute approximate surface area is 139 Å². The summed E-state index contributed by atoms with van der Waals surface area (Å²) in [6, 6.07) is 14.2. The largest absolute Gasteiger partial charge is 0.361 e. The zero-order valence-electron chi connectivity index (χ0n) is 12.7. The van der Waals surface area contributed by atoms with E-state index in [1.54, 1.807) is 0 Å². The van der Waals surface area contributed by atoms with Crippen LogP contribution in [-0.4, -0.2) is 28.9 Å². The Bertz CT molecular complexity index is 863. The average molecular weight is 325 g/mol. The summed E-state index contributed by atoms with van der Waals surface area (Å²) in [5.74, 6) is 0.218. The Morgan fingerprint density at radius 3 is 2.61 bits per heavy atom. The molecule has 4 rings (SSSR count). The molecule has 0 radical (unpaired) electrons. The molecule has 3 nitrogen and oxygen atoms in total. The molecule has 0 unspecified atom stereocenters. The molecule has 0 atom stereocenters. The number of benzene rings is 2. The maximum Gasteiger partial charge on any atom is 0.226 e. The molecule has 1 aliphatic heterocycles. The van der Waals surface area contributed by atoms with Gasteiger partial charge in [0.15, 0.2) is 0 Å². The van der Waals surface area contributed by atoms with Crippen molar-refractivity contribution in [2.45, 2.75) is 12.8 Å². The van der Waals surface area contributed by atoms with Gasteiger partial charge < -0.3 is 9.88 Å². The first-order valence-corrected chi connectivity index (χ1v) is 8.22. The van der Waals surface area contributed by atoms with Crippen LogP contribution in [0.1, 0.15) is 12.0 Å². The SMILES string of the molecule is O=C(Cc1ccc(-c2cc3cc[nH]c3cc2Cl)cc1)N1CCC1. The summed E-state index contributed by atoms with van der Waals surface area (Å²) in [4.78, 5) is 17.1. The van der Waals surface area contributed by atoms with Crippen molar-refractivity contribution < 1.29 is 4.79 Å². The number of likely N-dealkylation sites (tertiary alicyclic amines) is 1. The zero-order valence-corrected chi connectivity index (χ0v) is 13.4. The number of aromatic nitrogens is 1. The molecule has 1 fully saturated rings. The van der Waals surface area contributed by atoms with E-state index in [1.165, 1.54) is 0 Å². The van der Waals surface area contributed by atoms with E-state index >= 15 is 0 Å². The maximum absolute atomic E-state index is 12.0. The van der Waals surface area contributed by atoms with Gasteiger partial charge in [0, 0.05) is 35.8 Å². The molecular formula is C19H17ClN2O. The van der Waals surface area contributed by atoms with Gasteiger partial charge in [0.05, 0.1) is 11.4 Å². The highest BCUT2D eigenvalue weighted by Gasteiger charge is 2.19. The minimum atomic E-state index is 0.218. The summed E-state index contributed by atoms with van der Waals surface area (Å²) in [5, 5.41) is 1.87. The predicted octanol–water partition coefficient (Wildman–Crippen LogP) is 4.26. The fourth-order valence-electron chi connectivity index (χ4n) is 2.95. The van der Waals surface area contributed by atoms with Gasteiger partial charge in [-0.15, -0.1) is 0 Å². The fourth-order valence-corrected chi connectivity index (χ4v) is 3.22. The average Bonchev–Trinajstić information content (AvgIpc) is 2.92. The third-order valence-corrected chi connectivity index (χ3v) is 4.78. The number of halogens is 1. The lowest BCUT2D eigenvalue weighted by Crippen LogP contribution is -2.42. The van der Waals surface area contributed by atoms with Gasteiger partial charge in [0.1, 0.15) is 0 Å². The third-order valence-electron chi connectivity index (χ3n) is 4.47. The Morgan fingerprint density at radius 2 is 1.91 bits per heavy atom. The monoisotopic (exact) mass is 324 g/mol. The van der Waals surface area contributed by atoms with E-state index in [1.807, 2.05) is 47.5 Å². The van der Waals surface area contributed by atoms with E-state index in [0.717, 1.165) is 52.1 Å². The Kier molecular flexibility index (Phi) is 3.58. The van der Waals surface area contributed by atoms with Crippen LogP contribution >= 0.6 is 11.6 Å². The standard InChI is InChI=1S/C19H17ClN2O/c20-17-12-18-15(6-7-21-18)11-16(17)14-4-2-13(3-5-14)10-19(23)22-8-1-9-22/h2-7,11-12,21H,1,8-10H2. The second-order valence-corrected chi connectivity index (χ2v) is 6.41. The van der Waals surface area contributed by atoms with Gasteiger partial charge in [0.2, 0.25) is 5.91 Å². The van der Waals surface area contributed by atoms with E-state index in [9.17, 15) is 4.79 Å². The molecule has 4 heteroatoms. The first-order chi connectivity index (χ1) is 11.2. The summed E-state index contributed by atoms with van der Waals surface area (Å²) < 4.78 is 0. The number of hydrogen-bond acceptors (Lipinski definition) is 1. The van der Waals surface area contributed by atoms with Crippen LogP contribution in [0.2, 0.25) is 5.02 Å². The van der Waals surface area contributed by atoms with Crippen molar-refractivity contribution >= 4 is 28.4 Å². The van der Waals surface area contributed by atoms with Crippen molar-refractivity contribution in [1.29, 1.82) is 0 Å². The van der Waals surface area contributed by atoms with Crippen molar-refractivity contribution in [3.8, 4) is 11.1 Å².